The van der Waals surface area contributed by atoms with Crippen LogP contribution >= 0.6 is 23.2 Å². The van der Waals surface area contributed by atoms with E-state index in [0.717, 1.165) is 25.0 Å². The Morgan fingerprint density at radius 1 is 1.00 bits per heavy atom. The predicted octanol–water partition coefficient (Wildman–Crippen LogP) is 5.64. The fourth-order valence-corrected chi connectivity index (χ4v) is 2.65. The smallest absolute Gasteiger partial charge is 0.223 e. The molecule has 0 aliphatic carbocycles. The van der Waals surface area contributed by atoms with Crippen molar-refractivity contribution in [2.24, 2.45) is 0 Å². The van der Waals surface area contributed by atoms with Crippen molar-refractivity contribution in [2.45, 2.75) is 64.7 Å². The Hall–Kier alpha value is -0.340. The van der Waals surface area contributed by atoms with Gasteiger partial charge in [-0.05, 0) is 30.5 Å². The fraction of sp³-hybridized carbons (Fsp3) is 0.714. The highest BCUT2D eigenvalue weighted by molar-refractivity contribution is 6.31. The van der Waals surface area contributed by atoms with Crippen LogP contribution in [0.3, 0.4) is 0 Å². The summed E-state index contributed by atoms with van der Waals surface area (Å²) < 4.78 is 0. The number of aromatic nitrogens is 2. The van der Waals surface area contributed by atoms with Crippen LogP contribution in [0.25, 0.3) is 0 Å². The molecule has 0 aliphatic heterocycles. The van der Waals surface area contributed by atoms with E-state index in [-0.39, 0.29) is 5.28 Å². The third-order valence-electron chi connectivity index (χ3n) is 3.15. The van der Waals surface area contributed by atoms with E-state index in [1.54, 1.807) is 0 Å². The highest BCUT2D eigenvalue weighted by Gasteiger charge is 2.14. The zero-order chi connectivity index (χ0) is 13.4. The SMILES string of the molecule is CCCCCCC(CCC)c1cc(Cl)nc(Cl)n1. The first-order valence-electron chi connectivity index (χ1n) is 6.87. The molecule has 0 aliphatic rings. The van der Waals surface area contributed by atoms with Crippen molar-refractivity contribution < 1.29 is 0 Å². The summed E-state index contributed by atoms with van der Waals surface area (Å²) in [5.74, 6) is 0.463. The number of nitrogens with zero attached hydrogens (tertiary/aromatic N) is 2. The first kappa shape index (κ1) is 15.7. The van der Waals surface area contributed by atoms with Gasteiger partial charge in [0.15, 0.2) is 0 Å². The van der Waals surface area contributed by atoms with Crippen LogP contribution in [-0.4, -0.2) is 9.97 Å². The number of halogens is 2. The minimum Gasteiger partial charge on any atom is -0.223 e. The van der Waals surface area contributed by atoms with Crippen molar-refractivity contribution in [1.29, 1.82) is 0 Å². The molecule has 1 aromatic heterocycles. The highest BCUT2D eigenvalue weighted by atomic mass is 35.5. The topological polar surface area (TPSA) is 25.8 Å². The Balaban J connectivity index is 2.64. The lowest BCUT2D eigenvalue weighted by Crippen LogP contribution is -2.03. The summed E-state index contributed by atoms with van der Waals surface area (Å²) in [5, 5.41) is 0.701. The molecule has 0 amide bonds. The molecule has 18 heavy (non-hydrogen) atoms. The van der Waals surface area contributed by atoms with Crippen molar-refractivity contribution >= 4 is 23.2 Å². The second-order valence-corrected chi connectivity index (χ2v) is 5.44. The van der Waals surface area contributed by atoms with E-state index < -0.39 is 0 Å². The van der Waals surface area contributed by atoms with Crippen LogP contribution in [0.1, 0.15) is 70.4 Å². The van der Waals surface area contributed by atoms with E-state index in [9.17, 15) is 0 Å². The summed E-state index contributed by atoms with van der Waals surface area (Å²) in [6.07, 6.45) is 8.57. The maximum Gasteiger partial charge on any atom is 0.224 e. The maximum atomic E-state index is 5.94. The summed E-state index contributed by atoms with van der Waals surface area (Å²) >= 11 is 11.8. The minimum atomic E-state index is 0.257. The number of rotatable bonds is 8. The average molecular weight is 289 g/mol. The van der Waals surface area contributed by atoms with Gasteiger partial charge in [-0.1, -0.05) is 57.6 Å². The van der Waals surface area contributed by atoms with Crippen LogP contribution in [0.4, 0.5) is 0 Å². The molecular weight excluding hydrogens is 267 g/mol. The van der Waals surface area contributed by atoms with Crippen LogP contribution in [0.5, 0.6) is 0 Å². The summed E-state index contributed by atoms with van der Waals surface area (Å²) in [5.41, 5.74) is 0.998. The van der Waals surface area contributed by atoms with Crippen LogP contribution in [-0.2, 0) is 0 Å². The number of unbranched alkanes of at least 4 members (excludes halogenated alkanes) is 3. The van der Waals surface area contributed by atoms with Crippen LogP contribution in [0, 0.1) is 0 Å². The monoisotopic (exact) mass is 288 g/mol. The molecule has 0 radical (unpaired) electrons. The van der Waals surface area contributed by atoms with E-state index in [1.165, 1.54) is 25.7 Å². The fourth-order valence-electron chi connectivity index (χ4n) is 2.22. The van der Waals surface area contributed by atoms with Crippen LogP contribution in [0.2, 0.25) is 10.4 Å². The maximum absolute atomic E-state index is 5.94. The quantitative estimate of drug-likeness (QED) is 0.352. The highest BCUT2D eigenvalue weighted by Crippen LogP contribution is 2.28. The molecule has 0 aromatic carbocycles. The normalized spacial score (nSPS) is 12.7. The molecule has 1 rings (SSSR count). The van der Waals surface area contributed by atoms with E-state index in [4.69, 9.17) is 23.2 Å². The molecule has 1 aromatic rings. The molecule has 0 N–H and O–H groups in total. The molecule has 102 valence electrons. The molecule has 0 saturated carbocycles. The Morgan fingerprint density at radius 2 is 1.78 bits per heavy atom. The first-order valence-corrected chi connectivity index (χ1v) is 7.63. The lowest BCUT2D eigenvalue weighted by molar-refractivity contribution is 0.511. The summed E-state index contributed by atoms with van der Waals surface area (Å²) in [6, 6.07) is 1.85. The molecule has 0 saturated heterocycles. The summed E-state index contributed by atoms with van der Waals surface area (Å²) in [4.78, 5) is 8.23. The second kappa shape index (κ2) is 8.71. The minimum absolute atomic E-state index is 0.257. The summed E-state index contributed by atoms with van der Waals surface area (Å²) in [7, 11) is 0. The standard InChI is InChI=1S/C14H22Cl2N2/c1-3-5-6-7-9-11(8-4-2)12-10-13(15)18-14(16)17-12/h10-11H,3-9H2,1-2H3. The van der Waals surface area contributed by atoms with Gasteiger partial charge in [0.1, 0.15) is 5.15 Å². The van der Waals surface area contributed by atoms with Crippen LogP contribution < -0.4 is 0 Å². The molecule has 1 atom stereocenters. The van der Waals surface area contributed by atoms with E-state index in [2.05, 4.69) is 23.8 Å². The van der Waals surface area contributed by atoms with Gasteiger partial charge in [0, 0.05) is 11.6 Å². The zero-order valence-electron chi connectivity index (χ0n) is 11.3. The van der Waals surface area contributed by atoms with Crippen molar-refractivity contribution in [2.75, 3.05) is 0 Å². The van der Waals surface area contributed by atoms with Gasteiger partial charge in [-0.2, -0.15) is 0 Å². The second-order valence-electron chi connectivity index (χ2n) is 4.72. The van der Waals surface area contributed by atoms with Crippen molar-refractivity contribution in [3.63, 3.8) is 0 Å². The Bertz CT molecular complexity index is 335. The summed E-state index contributed by atoms with van der Waals surface area (Å²) in [6.45, 7) is 4.43. The first-order chi connectivity index (χ1) is 8.67. The lowest BCUT2D eigenvalue weighted by Gasteiger charge is -2.15. The van der Waals surface area contributed by atoms with E-state index in [0.29, 0.717) is 11.1 Å². The average Bonchev–Trinajstić information content (AvgIpc) is 2.32. The molecule has 0 bridgehead atoms. The lowest BCUT2D eigenvalue weighted by atomic mass is 9.93. The van der Waals surface area contributed by atoms with E-state index >= 15 is 0 Å². The van der Waals surface area contributed by atoms with Gasteiger partial charge in [-0.25, -0.2) is 9.97 Å². The van der Waals surface area contributed by atoms with Gasteiger partial charge in [0.25, 0.3) is 0 Å². The van der Waals surface area contributed by atoms with Crippen molar-refractivity contribution in [3.8, 4) is 0 Å². The van der Waals surface area contributed by atoms with Gasteiger partial charge < -0.3 is 0 Å². The van der Waals surface area contributed by atoms with Crippen LogP contribution in [0.15, 0.2) is 6.07 Å². The van der Waals surface area contributed by atoms with Gasteiger partial charge >= 0.3 is 0 Å². The third kappa shape index (κ3) is 5.53. The molecule has 0 spiro atoms. The van der Waals surface area contributed by atoms with Crippen molar-refractivity contribution in [3.05, 3.63) is 22.2 Å². The third-order valence-corrected chi connectivity index (χ3v) is 3.51. The molecule has 0 fully saturated rings. The number of hydrogen-bond acceptors (Lipinski definition) is 2. The largest absolute Gasteiger partial charge is 0.224 e. The molecule has 1 unspecified atom stereocenters. The Labute approximate surface area is 120 Å². The van der Waals surface area contributed by atoms with E-state index in [1.807, 2.05) is 6.07 Å². The van der Waals surface area contributed by atoms with Crippen molar-refractivity contribution in [1.82, 2.24) is 9.97 Å². The van der Waals surface area contributed by atoms with Gasteiger partial charge in [-0.15, -0.1) is 0 Å². The number of hydrogen-bond donors (Lipinski definition) is 0. The molecule has 1 heterocycles. The van der Waals surface area contributed by atoms with Gasteiger partial charge in [0.2, 0.25) is 5.28 Å². The molecular formula is C14H22Cl2N2. The Morgan fingerprint density at radius 3 is 2.39 bits per heavy atom. The zero-order valence-corrected chi connectivity index (χ0v) is 12.8. The molecule has 4 heteroatoms. The van der Waals surface area contributed by atoms with Gasteiger partial charge in [-0.3, -0.25) is 0 Å². The Kier molecular flexibility index (Phi) is 7.60. The van der Waals surface area contributed by atoms with Gasteiger partial charge in [0.05, 0.1) is 0 Å². The molecule has 2 nitrogen and oxygen atoms in total. The predicted molar refractivity (Wildman–Crippen MR) is 78.5 cm³/mol.